The molecule has 216 valence electrons. The third-order valence-electron chi connectivity index (χ3n) is 4.91. The maximum absolute atomic E-state index is 10.9. The highest BCUT2D eigenvalue weighted by molar-refractivity contribution is 5.92. The van der Waals surface area contributed by atoms with Crippen molar-refractivity contribution in [3.63, 3.8) is 0 Å². The van der Waals surface area contributed by atoms with Crippen LogP contribution in [0, 0.1) is 6.92 Å². The van der Waals surface area contributed by atoms with Gasteiger partial charge in [0.05, 0.1) is 38.0 Å². The molecular weight excluding hydrogens is 540 g/mol. The Morgan fingerprint density at radius 2 is 0.975 bits per heavy atom. The number of carbonyl (C=O) groups excluding carboxylic acids is 1. The molecule has 0 fully saturated rings. The number of ether oxygens (including phenoxy) is 3. The smallest absolute Gasteiger partial charge is 0.338 e. The van der Waals surface area contributed by atoms with E-state index in [0.29, 0.717) is 5.56 Å². The fourth-order valence-electron chi connectivity index (χ4n) is 2.95. The molecule has 0 unspecified atom stereocenters. The molecule has 0 spiro atoms. The molecule has 0 amide bonds. The fraction of sp³-hybridized carbons (Fsp3) is 0.160. The van der Waals surface area contributed by atoms with Gasteiger partial charge in [-0.1, -0.05) is 0 Å². The zero-order chi connectivity index (χ0) is 30.9. The lowest BCUT2D eigenvalue weighted by molar-refractivity contribution is 0.0598. The van der Waals surface area contributed by atoms with Crippen LogP contribution in [0.15, 0.2) is 30.3 Å². The number of rotatable bonds is 5. The first kappa shape index (κ1) is 32.3. The number of hydrogen-bond donors (Lipinski definition) is 9. The van der Waals surface area contributed by atoms with Gasteiger partial charge in [-0.3, -0.25) is 0 Å². The first-order chi connectivity index (χ1) is 18.6. The van der Waals surface area contributed by atoms with Crippen molar-refractivity contribution in [1.82, 2.24) is 0 Å². The van der Waals surface area contributed by atoms with Crippen molar-refractivity contribution in [3.05, 3.63) is 52.6 Å². The summed E-state index contributed by atoms with van der Waals surface area (Å²) in [5, 5.41) is 80.3. The second kappa shape index (κ2) is 13.7. The number of methoxy groups -OCH3 is 3. The maximum Gasteiger partial charge on any atom is 0.338 e. The minimum absolute atomic E-state index is 0.00912. The number of aromatic carboxylic acids is 2. The third-order valence-corrected chi connectivity index (χ3v) is 4.91. The highest BCUT2D eigenvalue weighted by Crippen LogP contribution is 2.41. The molecule has 0 heterocycles. The van der Waals surface area contributed by atoms with Crippen LogP contribution in [0.4, 0.5) is 0 Å². The Hall–Kier alpha value is -5.73. The first-order valence-corrected chi connectivity index (χ1v) is 10.6. The predicted molar refractivity (Wildman–Crippen MR) is 134 cm³/mol. The van der Waals surface area contributed by atoms with Crippen LogP contribution in [0.5, 0.6) is 51.7 Å². The van der Waals surface area contributed by atoms with Gasteiger partial charge in [0.25, 0.3) is 0 Å². The van der Waals surface area contributed by atoms with Crippen LogP contribution in [-0.4, -0.2) is 85.2 Å². The van der Waals surface area contributed by atoms with Gasteiger partial charge in [0.2, 0.25) is 5.75 Å². The van der Waals surface area contributed by atoms with Crippen LogP contribution in [0.3, 0.4) is 0 Å². The van der Waals surface area contributed by atoms with Gasteiger partial charge in [0.15, 0.2) is 46.0 Å². The molecule has 0 atom stereocenters. The van der Waals surface area contributed by atoms with Crippen LogP contribution >= 0.6 is 0 Å². The summed E-state index contributed by atoms with van der Waals surface area (Å²) in [5.74, 6) is -6.84. The van der Waals surface area contributed by atoms with E-state index in [1.807, 2.05) is 0 Å². The number of esters is 1. The molecule has 40 heavy (non-hydrogen) atoms. The van der Waals surface area contributed by atoms with Gasteiger partial charge in [0.1, 0.15) is 0 Å². The second-order valence-electron chi connectivity index (χ2n) is 7.46. The number of carboxylic acids is 2. The Kier molecular flexibility index (Phi) is 11.1. The lowest BCUT2D eigenvalue weighted by Crippen LogP contribution is -2.03. The van der Waals surface area contributed by atoms with E-state index in [9.17, 15) is 19.5 Å². The Morgan fingerprint density at radius 3 is 1.30 bits per heavy atom. The molecule has 0 aliphatic heterocycles. The summed E-state index contributed by atoms with van der Waals surface area (Å²) in [6.07, 6.45) is 0. The average molecular weight is 566 g/mol. The van der Waals surface area contributed by atoms with Gasteiger partial charge in [-0.2, -0.15) is 0 Å². The van der Waals surface area contributed by atoms with Gasteiger partial charge in [-0.15, -0.1) is 0 Å². The van der Waals surface area contributed by atoms with E-state index in [0.717, 1.165) is 30.3 Å². The summed E-state index contributed by atoms with van der Waals surface area (Å²) in [6.45, 7) is 1.59. The topological polar surface area (TPSA) is 261 Å². The molecule has 0 bridgehead atoms. The first-order valence-electron chi connectivity index (χ1n) is 10.6. The van der Waals surface area contributed by atoms with E-state index in [1.54, 1.807) is 6.92 Å². The van der Waals surface area contributed by atoms with Gasteiger partial charge in [-0.25, -0.2) is 14.4 Å². The molecule has 0 saturated heterocycles. The van der Waals surface area contributed by atoms with Crippen LogP contribution in [0.25, 0.3) is 0 Å². The number of hydrogen-bond acceptors (Lipinski definition) is 13. The molecule has 3 aromatic rings. The highest BCUT2D eigenvalue weighted by Gasteiger charge is 2.20. The molecule has 15 nitrogen and oxygen atoms in total. The molecule has 15 heteroatoms. The molecule has 3 aromatic carbocycles. The van der Waals surface area contributed by atoms with Crippen LogP contribution in [0.1, 0.15) is 36.6 Å². The number of carboxylic acid groups (broad SMARTS) is 2. The zero-order valence-electron chi connectivity index (χ0n) is 21.4. The molecule has 0 aromatic heterocycles. The van der Waals surface area contributed by atoms with Crippen molar-refractivity contribution in [1.29, 1.82) is 0 Å². The molecule has 3 rings (SSSR count). The number of phenolic OH excluding ortho intramolecular Hbond substituents is 7. The molecule has 0 aliphatic rings. The minimum Gasteiger partial charge on any atom is -0.504 e. The van der Waals surface area contributed by atoms with Crippen molar-refractivity contribution < 1.29 is 74.6 Å². The van der Waals surface area contributed by atoms with E-state index in [2.05, 4.69) is 4.74 Å². The van der Waals surface area contributed by atoms with Crippen molar-refractivity contribution >= 4 is 17.9 Å². The zero-order valence-corrected chi connectivity index (χ0v) is 21.4. The third kappa shape index (κ3) is 7.64. The fourth-order valence-corrected chi connectivity index (χ4v) is 2.95. The predicted octanol–water partition coefficient (Wildman–Crippen LogP) is 2.51. The monoisotopic (exact) mass is 566 g/mol. The van der Waals surface area contributed by atoms with Gasteiger partial charge in [-0.05, 0) is 37.3 Å². The van der Waals surface area contributed by atoms with Crippen molar-refractivity contribution in [2.24, 2.45) is 0 Å². The van der Waals surface area contributed by atoms with E-state index < -0.39 is 52.4 Å². The summed E-state index contributed by atoms with van der Waals surface area (Å²) in [4.78, 5) is 32.1. The van der Waals surface area contributed by atoms with Crippen molar-refractivity contribution in [2.45, 2.75) is 6.92 Å². The Morgan fingerprint density at radius 1 is 0.575 bits per heavy atom. The number of benzene rings is 3. The summed E-state index contributed by atoms with van der Waals surface area (Å²) in [6, 6.07) is 4.83. The van der Waals surface area contributed by atoms with E-state index in [4.69, 9.17) is 50.3 Å². The Bertz CT molecular complexity index is 1370. The van der Waals surface area contributed by atoms with E-state index >= 15 is 0 Å². The Balaban J connectivity index is 0.000000302. The van der Waals surface area contributed by atoms with Gasteiger partial charge in [0, 0.05) is 5.56 Å². The Labute approximate surface area is 225 Å². The van der Waals surface area contributed by atoms with Crippen molar-refractivity contribution in [2.75, 3.05) is 21.3 Å². The van der Waals surface area contributed by atoms with E-state index in [-0.39, 0.29) is 33.9 Å². The molecule has 0 saturated carbocycles. The SMILES string of the molecule is COC(=O)c1cc(O)c(O)c(O)c1.COc1c(O)cc(C(=O)O)c(C)c1OC.O=C(O)c1cc(O)c(O)c(O)c1. The highest BCUT2D eigenvalue weighted by atomic mass is 16.5. The largest absolute Gasteiger partial charge is 0.504 e. The van der Waals surface area contributed by atoms with Crippen molar-refractivity contribution in [3.8, 4) is 51.7 Å². The maximum atomic E-state index is 10.9. The van der Waals surface area contributed by atoms with Crippen LogP contribution < -0.4 is 9.47 Å². The number of phenols is 7. The molecule has 0 radical (unpaired) electrons. The van der Waals surface area contributed by atoms with Gasteiger partial charge >= 0.3 is 17.9 Å². The van der Waals surface area contributed by atoms with E-state index in [1.165, 1.54) is 21.3 Å². The van der Waals surface area contributed by atoms with Gasteiger partial charge < -0.3 is 60.2 Å². The lowest BCUT2D eigenvalue weighted by atomic mass is 10.1. The summed E-state index contributed by atoms with van der Waals surface area (Å²) in [7, 11) is 3.93. The quantitative estimate of drug-likeness (QED) is 0.159. The molecule has 0 aliphatic carbocycles. The lowest BCUT2D eigenvalue weighted by Gasteiger charge is -2.13. The second-order valence-corrected chi connectivity index (χ2v) is 7.46. The molecular formula is C25H26O15. The average Bonchev–Trinajstić information content (AvgIpc) is 2.90. The number of aromatic hydroxyl groups is 7. The standard InChI is InChI=1S/C10H12O5.C8H8O5.C7H6O5/c1-5-6(10(12)13)4-7(11)9(15-3)8(5)14-2;1-13-8(12)4-2-5(9)7(11)6(10)3-4;8-4-1-3(7(11)12)2-5(9)6(4)10/h4,11H,1-3H3,(H,12,13);2-3,9-11H,1H3;1-2,8-10H,(H,11,12). The van der Waals surface area contributed by atoms with Crippen LogP contribution in [0.2, 0.25) is 0 Å². The number of carbonyl (C=O) groups is 3. The summed E-state index contributed by atoms with van der Waals surface area (Å²) < 4.78 is 14.2. The minimum atomic E-state index is -1.29. The summed E-state index contributed by atoms with van der Waals surface area (Å²) in [5.41, 5.74) is 0.0860. The normalized spacial score (nSPS) is 9.70. The molecule has 9 N–H and O–H groups in total. The summed E-state index contributed by atoms with van der Waals surface area (Å²) >= 11 is 0. The van der Waals surface area contributed by atoms with Crippen LogP contribution in [-0.2, 0) is 4.74 Å².